The maximum absolute atomic E-state index is 12.6. The standard InChI is InChI=1S/C20H26N4O/c1-14-9-10-17(15(2)11-14)23-20(25)18-12-19(22-13-21-18)24(3)16-7-5-4-6-8-16/h9-13,16H,4-8H2,1-3H3,(H,23,25). The SMILES string of the molecule is Cc1ccc(NC(=O)c2cc(N(C)C3CCCCC3)ncn2)c(C)c1. The number of nitrogens with one attached hydrogen (secondary N) is 1. The number of carbonyl (C=O) groups is 1. The van der Waals surface area contributed by atoms with Crippen molar-refractivity contribution in [3.05, 3.63) is 47.4 Å². The smallest absolute Gasteiger partial charge is 0.274 e. The van der Waals surface area contributed by atoms with Crippen LogP contribution in [0.5, 0.6) is 0 Å². The molecule has 1 aliphatic carbocycles. The Morgan fingerprint density at radius 1 is 1.12 bits per heavy atom. The lowest BCUT2D eigenvalue weighted by molar-refractivity contribution is 0.102. The van der Waals surface area contributed by atoms with Crippen LogP contribution in [0.3, 0.4) is 0 Å². The zero-order valence-electron chi connectivity index (χ0n) is 15.2. The molecule has 1 aromatic heterocycles. The van der Waals surface area contributed by atoms with Gasteiger partial charge in [-0.15, -0.1) is 0 Å². The Bertz CT molecular complexity index is 753. The van der Waals surface area contributed by atoms with E-state index in [0.717, 1.165) is 17.1 Å². The Hall–Kier alpha value is -2.43. The third-order valence-corrected chi connectivity index (χ3v) is 5.00. The molecular formula is C20H26N4O. The highest BCUT2D eigenvalue weighted by Gasteiger charge is 2.20. The Labute approximate surface area is 149 Å². The molecule has 0 saturated heterocycles. The lowest BCUT2D eigenvalue weighted by Gasteiger charge is -2.32. The summed E-state index contributed by atoms with van der Waals surface area (Å²) in [6, 6.07) is 8.26. The van der Waals surface area contributed by atoms with Crippen LogP contribution in [0.1, 0.15) is 53.7 Å². The molecular weight excluding hydrogens is 312 g/mol. The van der Waals surface area contributed by atoms with Crippen LogP contribution in [0.4, 0.5) is 11.5 Å². The molecule has 0 bridgehead atoms. The van der Waals surface area contributed by atoms with Gasteiger partial charge in [0.1, 0.15) is 17.8 Å². The molecule has 25 heavy (non-hydrogen) atoms. The van der Waals surface area contributed by atoms with Gasteiger partial charge < -0.3 is 10.2 Å². The maximum Gasteiger partial charge on any atom is 0.274 e. The Morgan fingerprint density at radius 3 is 2.60 bits per heavy atom. The van der Waals surface area contributed by atoms with Gasteiger partial charge >= 0.3 is 0 Å². The summed E-state index contributed by atoms with van der Waals surface area (Å²) in [5, 5.41) is 2.95. The number of carbonyl (C=O) groups excluding carboxylic acids is 1. The minimum atomic E-state index is -0.201. The quantitative estimate of drug-likeness (QED) is 0.911. The van der Waals surface area contributed by atoms with Crippen molar-refractivity contribution in [3.8, 4) is 0 Å². The van der Waals surface area contributed by atoms with Crippen molar-refractivity contribution in [2.75, 3.05) is 17.3 Å². The first-order valence-corrected chi connectivity index (χ1v) is 8.98. The van der Waals surface area contributed by atoms with Crippen molar-refractivity contribution >= 4 is 17.4 Å². The summed E-state index contributed by atoms with van der Waals surface area (Å²) in [7, 11) is 2.06. The normalized spacial score (nSPS) is 15.0. The zero-order valence-corrected chi connectivity index (χ0v) is 15.2. The van der Waals surface area contributed by atoms with Gasteiger partial charge in [0.25, 0.3) is 5.91 Å². The van der Waals surface area contributed by atoms with E-state index >= 15 is 0 Å². The molecule has 1 heterocycles. The van der Waals surface area contributed by atoms with E-state index in [4.69, 9.17) is 0 Å². The van der Waals surface area contributed by atoms with Crippen LogP contribution in [0.25, 0.3) is 0 Å². The molecule has 5 nitrogen and oxygen atoms in total. The van der Waals surface area contributed by atoms with Crippen LogP contribution >= 0.6 is 0 Å². The number of nitrogens with zero attached hydrogens (tertiary/aromatic N) is 3. The van der Waals surface area contributed by atoms with Crippen LogP contribution in [0, 0.1) is 13.8 Å². The number of anilines is 2. The molecule has 0 aliphatic heterocycles. The van der Waals surface area contributed by atoms with E-state index in [0.29, 0.717) is 11.7 Å². The van der Waals surface area contributed by atoms with Crippen molar-refractivity contribution in [1.82, 2.24) is 9.97 Å². The fourth-order valence-electron chi connectivity index (χ4n) is 3.46. The average molecular weight is 338 g/mol. The second kappa shape index (κ2) is 7.64. The van der Waals surface area contributed by atoms with Gasteiger partial charge in [-0.05, 0) is 38.3 Å². The minimum Gasteiger partial charge on any atom is -0.357 e. The Kier molecular flexibility index (Phi) is 5.31. The molecule has 132 valence electrons. The molecule has 2 aromatic rings. The molecule has 0 atom stereocenters. The highest BCUT2D eigenvalue weighted by atomic mass is 16.1. The third kappa shape index (κ3) is 4.16. The molecule has 1 N–H and O–H groups in total. The van der Waals surface area contributed by atoms with Crippen molar-refractivity contribution in [3.63, 3.8) is 0 Å². The monoisotopic (exact) mass is 338 g/mol. The number of aryl methyl sites for hydroxylation is 2. The van der Waals surface area contributed by atoms with E-state index in [-0.39, 0.29) is 5.91 Å². The largest absolute Gasteiger partial charge is 0.357 e. The van der Waals surface area contributed by atoms with E-state index in [1.807, 2.05) is 26.0 Å². The van der Waals surface area contributed by atoms with Gasteiger partial charge in [0, 0.05) is 24.8 Å². The molecule has 0 radical (unpaired) electrons. The van der Waals surface area contributed by atoms with Crippen molar-refractivity contribution < 1.29 is 4.79 Å². The first kappa shape index (κ1) is 17.4. The number of amides is 1. The fraction of sp³-hybridized carbons (Fsp3) is 0.450. The van der Waals surface area contributed by atoms with Gasteiger partial charge in [-0.25, -0.2) is 9.97 Å². The summed E-state index contributed by atoms with van der Waals surface area (Å²) in [4.78, 5) is 23.3. The third-order valence-electron chi connectivity index (χ3n) is 5.00. The Morgan fingerprint density at radius 2 is 1.88 bits per heavy atom. The summed E-state index contributed by atoms with van der Waals surface area (Å²) < 4.78 is 0. The fourth-order valence-corrected chi connectivity index (χ4v) is 3.46. The maximum atomic E-state index is 12.6. The van der Waals surface area contributed by atoms with Crippen LogP contribution in [-0.4, -0.2) is 29.0 Å². The summed E-state index contributed by atoms with van der Waals surface area (Å²) in [5.41, 5.74) is 3.43. The van der Waals surface area contributed by atoms with Gasteiger partial charge in [0.2, 0.25) is 0 Å². The molecule has 1 saturated carbocycles. The van der Waals surface area contributed by atoms with E-state index < -0.39 is 0 Å². The van der Waals surface area contributed by atoms with E-state index in [9.17, 15) is 4.79 Å². The van der Waals surface area contributed by atoms with Crippen molar-refractivity contribution in [1.29, 1.82) is 0 Å². The molecule has 1 amide bonds. The van der Waals surface area contributed by atoms with Gasteiger partial charge in [-0.1, -0.05) is 37.0 Å². The minimum absolute atomic E-state index is 0.201. The summed E-state index contributed by atoms with van der Waals surface area (Å²) in [6.07, 6.45) is 7.69. The highest BCUT2D eigenvalue weighted by molar-refractivity contribution is 6.03. The van der Waals surface area contributed by atoms with Gasteiger partial charge in [0.05, 0.1) is 0 Å². The van der Waals surface area contributed by atoms with E-state index in [1.54, 1.807) is 6.07 Å². The number of hydrogen-bond acceptors (Lipinski definition) is 4. The molecule has 1 aromatic carbocycles. The van der Waals surface area contributed by atoms with Gasteiger partial charge in [-0.3, -0.25) is 4.79 Å². The summed E-state index contributed by atoms with van der Waals surface area (Å²) in [5.74, 6) is 0.611. The van der Waals surface area contributed by atoms with E-state index in [1.165, 1.54) is 44.0 Å². The molecule has 5 heteroatoms. The lowest BCUT2D eigenvalue weighted by Crippen LogP contribution is -2.34. The molecule has 3 rings (SSSR count). The summed E-state index contributed by atoms with van der Waals surface area (Å²) in [6.45, 7) is 4.03. The first-order valence-electron chi connectivity index (χ1n) is 8.98. The first-order chi connectivity index (χ1) is 12.0. The number of aromatic nitrogens is 2. The average Bonchev–Trinajstić information content (AvgIpc) is 2.64. The second-order valence-electron chi connectivity index (χ2n) is 6.94. The van der Waals surface area contributed by atoms with Gasteiger partial charge in [0.15, 0.2) is 0 Å². The van der Waals surface area contributed by atoms with Crippen LogP contribution in [0.15, 0.2) is 30.6 Å². The van der Waals surface area contributed by atoms with Crippen LogP contribution in [-0.2, 0) is 0 Å². The molecule has 1 fully saturated rings. The number of benzene rings is 1. The summed E-state index contributed by atoms with van der Waals surface area (Å²) >= 11 is 0. The highest BCUT2D eigenvalue weighted by Crippen LogP contribution is 2.25. The zero-order chi connectivity index (χ0) is 17.8. The second-order valence-corrected chi connectivity index (χ2v) is 6.94. The predicted molar refractivity (Wildman–Crippen MR) is 101 cm³/mol. The van der Waals surface area contributed by atoms with Crippen molar-refractivity contribution in [2.24, 2.45) is 0 Å². The van der Waals surface area contributed by atoms with Gasteiger partial charge in [-0.2, -0.15) is 0 Å². The van der Waals surface area contributed by atoms with Crippen LogP contribution < -0.4 is 10.2 Å². The molecule has 0 unspecified atom stereocenters. The molecule has 0 spiro atoms. The van der Waals surface area contributed by atoms with Crippen LogP contribution in [0.2, 0.25) is 0 Å². The number of hydrogen-bond donors (Lipinski definition) is 1. The predicted octanol–water partition coefficient (Wildman–Crippen LogP) is 4.11. The molecule has 1 aliphatic rings. The topological polar surface area (TPSA) is 58.1 Å². The lowest BCUT2D eigenvalue weighted by atomic mass is 9.94. The van der Waals surface area contributed by atoms with Crippen molar-refractivity contribution in [2.45, 2.75) is 52.0 Å². The number of rotatable bonds is 4. The van der Waals surface area contributed by atoms with E-state index in [2.05, 4.69) is 33.3 Å². The Balaban J connectivity index is 1.74.